The van der Waals surface area contributed by atoms with E-state index in [1.807, 2.05) is 19.1 Å². The fourth-order valence-electron chi connectivity index (χ4n) is 2.28. The topological polar surface area (TPSA) is 38.1 Å². The quantitative estimate of drug-likeness (QED) is 0.688. The average Bonchev–Trinajstić information content (AvgIpc) is 2.86. The molecular formula is C16H14Cl2N2O. The second-order valence-corrected chi connectivity index (χ2v) is 5.66. The molecule has 0 amide bonds. The number of fused-ring (bicyclic) bond motifs is 1. The van der Waals surface area contributed by atoms with Crippen molar-refractivity contribution < 1.29 is 4.42 Å². The van der Waals surface area contributed by atoms with Crippen molar-refractivity contribution in [2.75, 3.05) is 11.9 Å². The highest BCUT2D eigenvalue weighted by atomic mass is 35.5. The molecule has 0 aliphatic rings. The number of nitrogens with one attached hydrogen (secondary N) is 1. The summed E-state index contributed by atoms with van der Waals surface area (Å²) in [4.78, 5) is 4.54. The van der Waals surface area contributed by atoms with Crippen LogP contribution in [0.25, 0.3) is 22.6 Å². The molecule has 3 aromatic rings. The van der Waals surface area contributed by atoms with Crippen molar-refractivity contribution in [1.29, 1.82) is 0 Å². The minimum absolute atomic E-state index is 0.481. The van der Waals surface area contributed by atoms with Crippen LogP contribution in [0.2, 0.25) is 10.0 Å². The van der Waals surface area contributed by atoms with Crippen molar-refractivity contribution >= 4 is 40.0 Å². The summed E-state index contributed by atoms with van der Waals surface area (Å²) in [7, 11) is 0. The Bertz CT molecular complexity index is 811. The van der Waals surface area contributed by atoms with Crippen molar-refractivity contribution in [1.82, 2.24) is 4.98 Å². The lowest BCUT2D eigenvalue weighted by Crippen LogP contribution is -1.96. The summed E-state index contributed by atoms with van der Waals surface area (Å²) in [5.74, 6) is 0.481. The van der Waals surface area contributed by atoms with Gasteiger partial charge in [0.15, 0.2) is 5.58 Å². The van der Waals surface area contributed by atoms with Crippen LogP contribution in [0, 0.1) is 6.92 Å². The fraction of sp³-hybridized carbons (Fsp3) is 0.188. The van der Waals surface area contributed by atoms with Crippen molar-refractivity contribution in [3.8, 4) is 11.5 Å². The van der Waals surface area contributed by atoms with E-state index >= 15 is 0 Å². The lowest BCUT2D eigenvalue weighted by Gasteiger charge is -2.03. The first-order valence-corrected chi connectivity index (χ1v) is 7.44. The van der Waals surface area contributed by atoms with E-state index in [0.29, 0.717) is 21.5 Å². The number of anilines is 1. The molecule has 0 saturated heterocycles. The number of halogens is 2. The molecule has 0 aliphatic carbocycles. The van der Waals surface area contributed by atoms with Gasteiger partial charge in [-0.15, -0.1) is 0 Å². The van der Waals surface area contributed by atoms with E-state index in [1.54, 1.807) is 18.2 Å². The van der Waals surface area contributed by atoms with E-state index in [-0.39, 0.29) is 0 Å². The van der Waals surface area contributed by atoms with Crippen LogP contribution in [0.4, 0.5) is 5.69 Å². The molecule has 0 radical (unpaired) electrons. The maximum Gasteiger partial charge on any atom is 0.228 e. The predicted molar refractivity (Wildman–Crippen MR) is 88.4 cm³/mol. The van der Waals surface area contributed by atoms with Crippen LogP contribution in [0.5, 0.6) is 0 Å². The Morgan fingerprint density at radius 1 is 1.19 bits per heavy atom. The number of benzene rings is 2. The predicted octanol–water partition coefficient (Wildman–Crippen LogP) is 5.54. The molecule has 0 aliphatic heterocycles. The zero-order valence-electron chi connectivity index (χ0n) is 11.7. The van der Waals surface area contributed by atoms with Crippen LogP contribution >= 0.6 is 23.2 Å². The Morgan fingerprint density at radius 3 is 2.76 bits per heavy atom. The Hall–Kier alpha value is -1.71. The molecule has 0 bridgehead atoms. The molecule has 0 atom stereocenters. The number of hydrogen-bond donors (Lipinski definition) is 1. The molecule has 21 heavy (non-hydrogen) atoms. The van der Waals surface area contributed by atoms with Gasteiger partial charge in [-0.25, -0.2) is 4.98 Å². The molecule has 5 heteroatoms. The van der Waals surface area contributed by atoms with Gasteiger partial charge in [0.25, 0.3) is 0 Å². The van der Waals surface area contributed by atoms with Crippen molar-refractivity contribution in [3.63, 3.8) is 0 Å². The maximum absolute atomic E-state index is 6.21. The molecule has 0 spiro atoms. The first kappa shape index (κ1) is 14.2. The highest BCUT2D eigenvalue weighted by molar-refractivity contribution is 6.35. The lowest BCUT2D eigenvalue weighted by atomic mass is 10.2. The summed E-state index contributed by atoms with van der Waals surface area (Å²) in [6.07, 6.45) is 0. The monoisotopic (exact) mass is 320 g/mol. The molecule has 108 valence electrons. The summed E-state index contributed by atoms with van der Waals surface area (Å²) < 4.78 is 5.87. The smallest absolute Gasteiger partial charge is 0.228 e. The second-order valence-electron chi connectivity index (χ2n) is 4.81. The molecular weight excluding hydrogens is 307 g/mol. The van der Waals surface area contributed by atoms with E-state index in [2.05, 4.69) is 17.2 Å². The molecule has 0 saturated carbocycles. The molecule has 0 unspecified atom stereocenters. The van der Waals surface area contributed by atoms with E-state index < -0.39 is 0 Å². The summed E-state index contributed by atoms with van der Waals surface area (Å²) in [5, 5.41) is 4.45. The van der Waals surface area contributed by atoms with Crippen molar-refractivity contribution in [2.45, 2.75) is 13.8 Å². The number of nitrogens with zero attached hydrogens (tertiary/aromatic N) is 1. The van der Waals surface area contributed by atoms with Gasteiger partial charge in [0.05, 0.1) is 10.6 Å². The first-order valence-electron chi connectivity index (χ1n) is 6.69. The van der Waals surface area contributed by atoms with E-state index in [4.69, 9.17) is 27.6 Å². The third-order valence-corrected chi connectivity index (χ3v) is 3.78. The van der Waals surface area contributed by atoms with Crippen molar-refractivity contribution in [2.24, 2.45) is 0 Å². The number of aromatic nitrogens is 1. The first-order chi connectivity index (χ1) is 10.1. The summed E-state index contributed by atoms with van der Waals surface area (Å²) in [5.41, 5.74) is 4.32. The maximum atomic E-state index is 6.21. The van der Waals surface area contributed by atoms with Gasteiger partial charge in [0.2, 0.25) is 5.89 Å². The van der Waals surface area contributed by atoms with Gasteiger partial charge in [0, 0.05) is 17.3 Å². The van der Waals surface area contributed by atoms with Crippen LogP contribution in [-0.2, 0) is 0 Å². The molecule has 1 heterocycles. The van der Waals surface area contributed by atoms with Crippen LogP contribution in [0.1, 0.15) is 12.5 Å². The summed E-state index contributed by atoms with van der Waals surface area (Å²) in [6, 6.07) is 9.25. The average molecular weight is 321 g/mol. The van der Waals surface area contributed by atoms with E-state index in [0.717, 1.165) is 28.9 Å². The van der Waals surface area contributed by atoms with Crippen LogP contribution < -0.4 is 5.32 Å². The standard InChI is InChI=1S/C16H14Cl2N2O/c1-3-19-11-6-9(2)15-14(8-11)20-16(21-15)12-7-10(17)4-5-13(12)18/h4-8,19H,3H2,1-2H3. The minimum Gasteiger partial charge on any atom is -0.436 e. The third kappa shape index (κ3) is 2.71. The van der Waals surface area contributed by atoms with Gasteiger partial charge >= 0.3 is 0 Å². The SMILES string of the molecule is CCNc1cc(C)c2oc(-c3cc(Cl)ccc3Cl)nc2c1. The van der Waals surface area contributed by atoms with Gasteiger partial charge in [-0.1, -0.05) is 23.2 Å². The molecule has 2 aromatic carbocycles. The molecule has 1 aromatic heterocycles. The van der Waals surface area contributed by atoms with Gasteiger partial charge in [-0.2, -0.15) is 0 Å². The Labute approximate surface area is 132 Å². The highest BCUT2D eigenvalue weighted by Crippen LogP contribution is 2.34. The summed E-state index contributed by atoms with van der Waals surface area (Å²) in [6.45, 7) is 4.91. The number of hydrogen-bond acceptors (Lipinski definition) is 3. The van der Waals surface area contributed by atoms with E-state index in [9.17, 15) is 0 Å². The summed E-state index contributed by atoms with van der Waals surface area (Å²) >= 11 is 12.2. The lowest BCUT2D eigenvalue weighted by molar-refractivity contribution is 0.617. The van der Waals surface area contributed by atoms with Gasteiger partial charge < -0.3 is 9.73 Å². The molecule has 0 fully saturated rings. The van der Waals surface area contributed by atoms with Crippen LogP contribution in [0.3, 0.4) is 0 Å². The normalized spacial score (nSPS) is 11.0. The van der Waals surface area contributed by atoms with Gasteiger partial charge in [-0.3, -0.25) is 0 Å². The highest BCUT2D eigenvalue weighted by Gasteiger charge is 2.14. The zero-order chi connectivity index (χ0) is 15.0. The number of aryl methyl sites for hydroxylation is 1. The fourth-order valence-corrected chi connectivity index (χ4v) is 2.65. The Balaban J connectivity index is 2.16. The Morgan fingerprint density at radius 2 is 2.00 bits per heavy atom. The molecule has 1 N–H and O–H groups in total. The minimum atomic E-state index is 0.481. The van der Waals surface area contributed by atoms with Gasteiger partial charge in [-0.05, 0) is 49.7 Å². The van der Waals surface area contributed by atoms with Crippen molar-refractivity contribution in [3.05, 3.63) is 45.9 Å². The third-order valence-electron chi connectivity index (χ3n) is 3.22. The number of oxazole rings is 1. The Kier molecular flexibility index (Phi) is 3.79. The number of rotatable bonds is 3. The van der Waals surface area contributed by atoms with Crippen LogP contribution in [0.15, 0.2) is 34.7 Å². The van der Waals surface area contributed by atoms with Crippen LogP contribution in [-0.4, -0.2) is 11.5 Å². The second kappa shape index (κ2) is 5.58. The zero-order valence-corrected chi connectivity index (χ0v) is 13.2. The largest absolute Gasteiger partial charge is 0.436 e. The molecule has 3 rings (SSSR count). The van der Waals surface area contributed by atoms with Gasteiger partial charge in [0.1, 0.15) is 5.52 Å². The molecule has 3 nitrogen and oxygen atoms in total. The van der Waals surface area contributed by atoms with E-state index in [1.165, 1.54) is 0 Å².